The second-order valence-corrected chi connectivity index (χ2v) is 8.05. The number of hydrogen-bond acceptors (Lipinski definition) is 5. The van der Waals surface area contributed by atoms with Gasteiger partial charge >= 0.3 is 0 Å². The van der Waals surface area contributed by atoms with Crippen LogP contribution in [-0.2, 0) is 4.74 Å². The number of ether oxygens (including phenoxy) is 1. The molecular weight excluding hydrogens is 322 g/mol. The monoisotopic (exact) mass is 345 g/mol. The van der Waals surface area contributed by atoms with Gasteiger partial charge < -0.3 is 10.1 Å². The summed E-state index contributed by atoms with van der Waals surface area (Å²) in [5.41, 5.74) is 3.39. The average molecular weight is 345 g/mol. The lowest BCUT2D eigenvalue weighted by Crippen LogP contribution is -2.48. The van der Waals surface area contributed by atoms with E-state index in [0.29, 0.717) is 23.6 Å². The van der Waals surface area contributed by atoms with E-state index < -0.39 is 0 Å². The zero-order valence-electron chi connectivity index (χ0n) is 14.1. The summed E-state index contributed by atoms with van der Waals surface area (Å²) in [6.45, 7) is 7.07. The number of carbonyl (C=O) groups excluding carboxylic acids is 1. The van der Waals surface area contributed by atoms with Crippen molar-refractivity contribution < 1.29 is 9.53 Å². The van der Waals surface area contributed by atoms with Crippen LogP contribution in [0.4, 0.5) is 0 Å². The van der Waals surface area contributed by atoms with Crippen molar-refractivity contribution in [3.05, 3.63) is 29.3 Å². The molecule has 6 heteroatoms. The molecule has 1 aromatic heterocycles. The van der Waals surface area contributed by atoms with Gasteiger partial charge in [0, 0.05) is 30.7 Å². The molecule has 0 aliphatic carbocycles. The van der Waals surface area contributed by atoms with Crippen LogP contribution in [0.5, 0.6) is 0 Å². The Morgan fingerprint density at radius 1 is 1.42 bits per heavy atom. The minimum Gasteiger partial charge on any atom is -0.375 e. The van der Waals surface area contributed by atoms with Crippen LogP contribution >= 0.6 is 11.3 Å². The molecule has 5 nitrogen and oxygen atoms in total. The maximum Gasteiger partial charge on any atom is 0.251 e. The first-order valence-corrected chi connectivity index (χ1v) is 9.48. The molecule has 2 aromatic rings. The van der Waals surface area contributed by atoms with Crippen LogP contribution < -0.4 is 5.32 Å². The third-order valence-electron chi connectivity index (χ3n) is 5.12. The predicted octanol–water partition coefficient (Wildman–Crippen LogP) is 2.52. The highest BCUT2D eigenvalue weighted by molar-refractivity contribution is 7.16. The third kappa shape index (κ3) is 3.06. The molecule has 3 heterocycles. The van der Waals surface area contributed by atoms with E-state index in [9.17, 15) is 4.79 Å². The van der Waals surface area contributed by atoms with Crippen molar-refractivity contribution in [2.45, 2.75) is 38.5 Å². The van der Waals surface area contributed by atoms with Crippen LogP contribution in [0.3, 0.4) is 0 Å². The van der Waals surface area contributed by atoms with Crippen molar-refractivity contribution in [2.24, 2.45) is 5.92 Å². The Balaban J connectivity index is 1.40. The zero-order valence-corrected chi connectivity index (χ0v) is 14.9. The van der Waals surface area contributed by atoms with Crippen molar-refractivity contribution >= 4 is 27.5 Å². The minimum atomic E-state index is -0.00363. The Bertz CT molecular complexity index is 745. The maximum atomic E-state index is 12.6. The standard InChI is InChI=1S/C18H23N3O2S/c1-11(2)16-8-21-7-13(6-14(21)9-23-16)20-18(22)12-3-4-17-15(5-12)19-10-24-17/h3-5,10-11,13-14,16H,6-9H2,1-2H3,(H,20,22)/t13-,14+,16-/m1/s1. The van der Waals surface area contributed by atoms with Crippen molar-refractivity contribution in [2.75, 3.05) is 19.7 Å². The average Bonchev–Trinajstić information content (AvgIpc) is 3.18. The second-order valence-electron chi connectivity index (χ2n) is 7.16. The van der Waals surface area contributed by atoms with E-state index in [1.807, 2.05) is 23.7 Å². The summed E-state index contributed by atoms with van der Waals surface area (Å²) in [6, 6.07) is 6.37. The molecule has 1 N–H and O–H groups in total. The molecular formula is C18H23N3O2S. The summed E-state index contributed by atoms with van der Waals surface area (Å²) < 4.78 is 7.08. The van der Waals surface area contributed by atoms with Gasteiger partial charge in [-0.15, -0.1) is 11.3 Å². The summed E-state index contributed by atoms with van der Waals surface area (Å²) in [6.07, 6.45) is 1.28. The molecule has 4 rings (SSSR count). The Hall–Kier alpha value is -1.50. The highest BCUT2D eigenvalue weighted by atomic mass is 32.1. The number of hydrogen-bond donors (Lipinski definition) is 1. The normalized spacial score (nSPS) is 27.5. The Morgan fingerprint density at radius 2 is 2.29 bits per heavy atom. The summed E-state index contributed by atoms with van der Waals surface area (Å²) in [4.78, 5) is 19.3. The first kappa shape index (κ1) is 16.0. The molecule has 1 amide bonds. The number of fused-ring (bicyclic) bond motifs is 2. The first-order chi connectivity index (χ1) is 11.6. The molecule has 2 fully saturated rings. The number of carbonyl (C=O) groups is 1. The lowest BCUT2D eigenvalue weighted by molar-refractivity contribution is -0.0683. The summed E-state index contributed by atoms with van der Waals surface area (Å²) in [5, 5.41) is 3.19. The van der Waals surface area contributed by atoms with E-state index in [2.05, 4.69) is 29.0 Å². The van der Waals surface area contributed by atoms with Gasteiger partial charge in [-0.1, -0.05) is 13.8 Å². The molecule has 128 valence electrons. The van der Waals surface area contributed by atoms with Crippen LogP contribution in [0.25, 0.3) is 10.2 Å². The van der Waals surface area contributed by atoms with Gasteiger partial charge in [-0.05, 0) is 30.5 Å². The van der Waals surface area contributed by atoms with Gasteiger partial charge in [-0.25, -0.2) is 4.98 Å². The largest absolute Gasteiger partial charge is 0.375 e. The van der Waals surface area contributed by atoms with Gasteiger partial charge in [0.05, 0.1) is 28.4 Å². The van der Waals surface area contributed by atoms with E-state index >= 15 is 0 Å². The van der Waals surface area contributed by atoms with Crippen molar-refractivity contribution in [3.63, 3.8) is 0 Å². The van der Waals surface area contributed by atoms with Gasteiger partial charge in [-0.3, -0.25) is 9.69 Å². The van der Waals surface area contributed by atoms with Gasteiger partial charge in [0.25, 0.3) is 5.91 Å². The maximum absolute atomic E-state index is 12.6. The lowest BCUT2D eigenvalue weighted by atomic mass is 10.0. The number of nitrogens with one attached hydrogen (secondary N) is 1. The topological polar surface area (TPSA) is 54.5 Å². The number of nitrogens with zero attached hydrogens (tertiary/aromatic N) is 2. The molecule has 2 saturated heterocycles. The van der Waals surface area contributed by atoms with Crippen LogP contribution in [0, 0.1) is 5.92 Å². The summed E-state index contributed by atoms with van der Waals surface area (Å²) >= 11 is 1.59. The molecule has 0 saturated carbocycles. The number of aromatic nitrogens is 1. The fourth-order valence-electron chi connectivity index (χ4n) is 3.68. The number of morpholine rings is 1. The number of benzene rings is 1. The molecule has 24 heavy (non-hydrogen) atoms. The third-order valence-corrected chi connectivity index (χ3v) is 5.93. The SMILES string of the molecule is CC(C)[C@H]1CN2C[C@H](NC(=O)c3ccc4scnc4c3)C[C@H]2CO1. The van der Waals surface area contributed by atoms with Crippen LogP contribution in [0.15, 0.2) is 23.7 Å². The molecule has 0 unspecified atom stereocenters. The zero-order chi connectivity index (χ0) is 16.7. The number of amides is 1. The highest BCUT2D eigenvalue weighted by Gasteiger charge is 2.38. The fraction of sp³-hybridized carbons (Fsp3) is 0.556. The molecule has 1 aromatic carbocycles. The van der Waals surface area contributed by atoms with E-state index in [4.69, 9.17) is 4.74 Å². The predicted molar refractivity (Wildman–Crippen MR) is 95.4 cm³/mol. The molecule has 0 bridgehead atoms. The van der Waals surface area contributed by atoms with Crippen molar-refractivity contribution in [1.29, 1.82) is 0 Å². The number of rotatable bonds is 3. The van der Waals surface area contributed by atoms with E-state index in [1.54, 1.807) is 11.3 Å². The van der Waals surface area contributed by atoms with Crippen LogP contribution in [0.1, 0.15) is 30.6 Å². The van der Waals surface area contributed by atoms with Crippen molar-refractivity contribution in [3.8, 4) is 0 Å². The Kier molecular flexibility index (Phi) is 4.28. The van der Waals surface area contributed by atoms with Crippen molar-refractivity contribution in [1.82, 2.24) is 15.2 Å². The summed E-state index contributed by atoms with van der Waals surface area (Å²) in [5.74, 6) is 0.528. The molecule has 0 spiro atoms. The van der Waals surface area contributed by atoms with E-state index in [1.165, 1.54) is 0 Å². The first-order valence-electron chi connectivity index (χ1n) is 8.60. The van der Waals surface area contributed by atoms with Gasteiger partial charge in [0.1, 0.15) is 0 Å². The fourth-order valence-corrected chi connectivity index (χ4v) is 4.33. The highest BCUT2D eigenvalue weighted by Crippen LogP contribution is 2.26. The summed E-state index contributed by atoms with van der Waals surface area (Å²) in [7, 11) is 0. The minimum absolute atomic E-state index is 0.00363. The van der Waals surface area contributed by atoms with Gasteiger partial charge in [0.2, 0.25) is 0 Å². The lowest BCUT2D eigenvalue weighted by Gasteiger charge is -2.36. The van der Waals surface area contributed by atoms with Gasteiger partial charge in [0.15, 0.2) is 0 Å². The smallest absolute Gasteiger partial charge is 0.251 e. The van der Waals surface area contributed by atoms with Gasteiger partial charge in [-0.2, -0.15) is 0 Å². The quantitative estimate of drug-likeness (QED) is 0.929. The molecule has 2 aliphatic heterocycles. The molecule has 3 atom stereocenters. The second kappa shape index (κ2) is 6.43. The van der Waals surface area contributed by atoms with E-state index in [-0.39, 0.29) is 11.9 Å². The molecule has 0 radical (unpaired) electrons. The van der Waals surface area contributed by atoms with Crippen LogP contribution in [-0.4, -0.2) is 53.7 Å². The Labute approximate surface area is 146 Å². The van der Waals surface area contributed by atoms with Crippen LogP contribution in [0.2, 0.25) is 0 Å². The van der Waals surface area contributed by atoms with E-state index in [0.717, 1.165) is 36.3 Å². The number of thiazole rings is 1. The Morgan fingerprint density at radius 3 is 3.12 bits per heavy atom. The molecule has 2 aliphatic rings.